The summed E-state index contributed by atoms with van der Waals surface area (Å²) in [6.07, 6.45) is 0.292. The highest BCUT2D eigenvalue weighted by molar-refractivity contribution is 7.13. The molecule has 1 amide bonds. The predicted octanol–water partition coefficient (Wildman–Crippen LogP) is 3.60. The first-order valence-corrected chi connectivity index (χ1v) is 8.39. The summed E-state index contributed by atoms with van der Waals surface area (Å²) >= 11 is 7.53. The average Bonchev–Trinajstić information content (AvgIpc) is 2.94. The van der Waals surface area contributed by atoms with Crippen LogP contribution in [0.3, 0.4) is 0 Å². The van der Waals surface area contributed by atoms with E-state index in [0.717, 1.165) is 10.6 Å². The third-order valence-corrected chi connectivity index (χ3v) is 4.40. The molecule has 1 aromatic carbocycles. The summed E-state index contributed by atoms with van der Waals surface area (Å²) in [4.78, 5) is 16.5. The summed E-state index contributed by atoms with van der Waals surface area (Å²) < 4.78 is 0. The van der Waals surface area contributed by atoms with Gasteiger partial charge in [0, 0.05) is 17.5 Å². The van der Waals surface area contributed by atoms with Crippen LogP contribution >= 0.6 is 22.9 Å². The summed E-state index contributed by atoms with van der Waals surface area (Å²) in [7, 11) is 0. The molecule has 0 spiro atoms. The maximum absolute atomic E-state index is 12.1. The summed E-state index contributed by atoms with van der Waals surface area (Å²) in [5.41, 5.74) is 1.22. The minimum absolute atomic E-state index is 0.202. The molecule has 0 aliphatic carbocycles. The quantitative estimate of drug-likeness (QED) is 0.846. The van der Waals surface area contributed by atoms with Crippen molar-refractivity contribution in [2.75, 3.05) is 6.54 Å². The van der Waals surface area contributed by atoms with Crippen molar-refractivity contribution in [3.63, 3.8) is 0 Å². The summed E-state index contributed by atoms with van der Waals surface area (Å²) in [6, 6.07) is 7.43. The third-order valence-electron chi connectivity index (χ3n) is 3.20. The number of benzene rings is 1. The monoisotopic (exact) mass is 338 g/mol. The highest BCUT2D eigenvalue weighted by Gasteiger charge is 2.14. The van der Waals surface area contributed by atoms with Crippen LogP contribution in [0.15, 0.2) is 29.6 Å². The molecule has 0 saturated carbocycles. The highest BCUT2D eigenvalue weighted by atomic mass is 35.5. The number of hydrogen-bond acceptors (Lipinski definition) is 4. The van der Waals surface area contributed by atoms with Crippen molar-refractivity contribution in [1.82, 2.24) is 10.3 Å². The van der Waals surface area contributed by atoms with Crippen molar-refractivity contribution in [2.24, 2.45) is 5.92 Å². The number of aromatic nitrogens is 1. The molecule has 0 bridgehead atoms. The van der Waals surface area contributed by atoms with Crippen LogP contribution in [0, 0.1) is 5.92 Å². The molecule has 118 valence electrons. The average molecular weight is 339 g/mol. The van der Waals surface area contributed by atoms with Gasteiger partial charge >= 0.3 is 0 Å². The Hall–Kier alpha value is -1.43. The van der Waals surface area contributed by atoms with E-state index in [2.05, 4.69) is 10.3 Å². The Labute approximate surface area is 139 Å². The van der Waals surface area contributed by atoms with Crippen LogP contribution in [0.25, 0.3) is 10.6 Å². The molecular formula is C16H19ClN2O2S. The summed E-state index contributed by atoms with van der Waals surface area (Å²) in [5, 5.41) is 15.2. The molecule has 2 aromatic rings. The molecule has 2 unspecified atom stereocenters. The number of carbonyl (C=O) groups is 1. The lowest BCUT2D eigenvalue weighted by Crippen LogP contribution is -2.29. The smallest absolute Gasteiger partial charge is 0.270 e. The second kappa shape index (κ2) is 7.72. The van der Waals surface area contributed by atoms with Gasteiger partial charge in [-0.05, 0) is 25.3 Å². The van der Waals surface area contributed by atoms with Gasteiger partial charge in [-0.15, -0.1) is 11.3 Å². The number of nitrogens with one attached hydrogen (secondary N) is 1. The normalized spacial score (nSPS) is 13.6. The molecule has 2 atom stereocenters. The molecule has 2 N–H and O–H groups in total. The number of aliphatic hydroxyl groups excluding tert-OH is 1. The lowest BCUT2D eigenvalue weighted by molar-refractivity contribution is 0.0935. The van der Waals surface area contributed by atoms with Crippen LogP contribution in [0.1, 0.15) is 30.8 Å². The second-order valence-electron chi connectivity index (χ2n) is 5.42. The van der Waals surface area contributed by atoms with Gasteiger partial charge in [-0.25, -0.2) is 4.98 Å². The van der Waals surface area contributed by atoms with E-state index in [-0.39, 0.29) is 17.9 Å². The molecule has 0 aliphatic heterocycles. The van der Waals surface area contributed by atoms with E-state index >= 15 is 0 Å². The maximum Gasteiger partial charge on any atom is 0.270 e. The molecular weight excluding hydrogens is 320 g/mol. The Balaban J connectivity index is 1.99. The Morgan fingerprint density at radius 2 is 2.14 bits per heavy atom. The van der Waals surface area contributed by atoms with Crippen molar-refractivity contribution in [3.05, 3.63) is 40.4 Å². The minimum atomic E-state index is -0.363. The van der Waals surface area contributed by atoms with E-state index in [4.69, 9.17) is 11.6 Å². The van der Waals surface area contributed by atoms with Crippen molar-refractivity contribution in [3.8, 4) is 10.6 Å². The fourth-order valence-electron chi connectivity index (χ4n) is 2.16. The molecule has 22 heavy (non-hydrogen) atoms. The lowest BCUT2D eigenvalue weighted by atomic mass is 10.0. The molecule has 6 heteroatoms. The van der Waals surface area contributed by atoms with E-state index in [1.165, 1.54) is 11.3 Å². The highest BCUT2D eigenvalue weighted by Crippen LogP contribution is 2.29. The van der Waals surface area contributed by atoms with E-state index in [1.54, 1.807) is 18.4 Å². The number of rotatable bonds is 6. The number of thiazole rings is 1. The zero-order chi connectivity index (χ0) is 16.1. The number of halogens is 1. The van der Waals surface area contributed by atoms with Gasteiger partial charge in [0.05, 0.1) is 11.1 Å². The van der Waals surface area contributed by atoms with Crippen molar-refractivity contribution >= 4 is 28.8 Å². The molecule has 0 saturated heterocycles. The molecule has 1 heterocycles. The van der Waals surface area contributed by atoms with Gasteiger partial charge < -0.3 is 10.4 Å². The van der Waals surface area contributed by atoms with Crippen LogP contribution in [0.2, 0.25) is 5.02 Å². The van der Waals surface area contributed by atoms with Crippen LogP contribution in [0.5, 0.6) is 0 Å². The van der Waals surface area contributed by atoms with Crippen LogP contribution in [0.4, 0.5) is 0 Å². The van der Waals surface area contributed by atoms with E-state index < -0.39 is 0 Å². The number of amides is 1. The molecule has 4 nitrogen and oxygen atoms in total. The van der Waals surface area contributed by atoms with E-state index in [9.17, 15) is 9.90 Å². The molecule has 0 radical (unpaired) electrons. The first kappa shape index (κ1) is 16.9. The Kier molecular flexibility index (Phi) is 5.94. The SMILES string of the molecule is CC(O)CC(C)CNC(=O)c1csc(-c2ccccc2Cl)n1. The Bertz CT molecular complexity index is 643. The Morgan fingerprint density at radius 3 is 2.82 bits per heavy atom. The Morgan fingerprint density at radius 1 is 1.41 bits per heavy atom. The third kappa shape index (κ3) is 4.53. The fraction of sp³-hybridized carbons (Fsp3) is 0.375. The number of hydrogen-bond donors (Lipinski definition) is 2. The van der Waals surface area contributed by atoms with Crippen molar-refractivity contribution < 1.29 is 9.90 Å². The molecule has 0 fully saturated rings. The van der Waals surface area contributed by atoms with Crippen LogP contribution in [-0.2, 0) is 0 Å². The van der Waals surface area contributed by atoms with Crippen molar-refractivity contribution in [1.29, 1.82) is 0 Å². The number of aliphatic hydroxyl groups is 1. The predicted molar refractivity (Wildman–Crippen MR) is 90.4 cm³/mol. The number of nitrogens with zero attached hydrogens (tertiary/aromatic N) is 1. The summed E-state index contributed by atoms with van der Waals surface area (Å²) in [6.45, 7) is 4.25. The molecule has 2 rings (SSSR count). The summed E-state index contributed by atoms with van der Waals surface area (Å²) in [5.74, 6) is 0.0117. The van der Waals surface area contributed by atoms with Gasteiger partial charge in [0.15, 0.2) is 0 Å². The molecule has 1 aromatic heterocycles. The second-order valence-corrected chi connectivity index (χ2v) is 6.68. The van der Waals surface area contributed by atoms with E-state index in [1.807, 2.05) is 25.1 Å². The zero-order valence-electron chi connectivity index (χ0n) is 12.5. The zero-order valence-corrected chi connectivity index (χ0v) is 14.1. The van der Waals surface area contributed by atoms with Gasteiger partial charge in [0.1, 0.15) is 10.7 Å². The fourth-order valence-corrected chi connectivity index (χ4v) is 3.28. The van der Waals surface area contributed by atoms with Crippen molar-refractivity contribution in [2.45, 2.75) is 26.4 Å². The minimum Gasteiger partial charge on any atom is -0.393 e. The first-order chi connectivity index (χ1) is 10.5. The van der Waals surface area contributed by atoms with Gasteiger partial charge in [-0.1, -0.05) is 36.7 Å². The van der Waals surface area contributed by atoms with Crippen LogP contribution in [-0.4, -0.2) is 28.6 Å². The molecule has 0 aliphatic rings. The maximum atomic E-state index is 12.1. The van der Waals surface area contributed by atoms with Gasteiger partial charge in [0.25, 0.3) is 5.91 Å². The standard InChI is InChI=1S/C16H19ClN2O2S/c1-10(7-11(2)20)8-18-15(21)14-9-22-16(19-14)12-5-3-4-6-13(12)17/h3-6,9-11,20H,7-8H2,1-2H3,(H,18,21). The van der Waals surface area contributed by atoms with Gasteiger partial charge in [-0.3, -0.25) is 4.79 Å². The van der Waals surface area contributed by atoms with E-state index in [0.29, 0.717) is 23.7 Å². The van der Waals surface area contributed by atoms with Gasteiger partial charge in [-0.2, -0.15) is 0 Å². The van der Waals surface area contributed by atoms with Gasteiger partial charge in [0.2, 0.25) is 0 Å². The van der Waals surface area contributed by atoms with Crippen LogP contribution < -0.4 is 5.32 Å². The lowest BCUT2D eigenvalue weighted by Gasteiger charge is -2.13. The first-order valence-electron chi connectivity index (χ1n) is 7.14. The topological polar surface area (TPSA) is 62.2 Å². The number of carbonyl (C=O) groups excluding carboxylic acids is 1. The largest absolute Gasteiger partial charge is 0.393 e.